The summed E-state index contributed by atoms with van der Waals surface area (Å²) in [4.78, 5) is 0. The normalized spacial score (nSPS) is 17.1. The number of hydrogen-bond donors (Lipinski definition) is 1. The molecule has 1 aliphatic rings. The van der Waals surface area contributed by atoms with Crippen LogP contribution in [0.4, 0.5) is 0 Å². The highest BCUT2D eigenvalue weighted by atomic mass is 15.0. The van der Waals surface area contributed by atoms with Crippen LogP contribution in [0.2, 0.25) is 0 Å². The van der Waals surface area contributed by atoms with E-state index in [2.05, 4.69) is 67.1 Å². The number of aryl methyl sites for hydroxylation is 1. The summed E-state index contributed by atoms with van der Waals surface area (Å²) in [7, 11) is 0. The Morgan fingerprint density at radius 1 is 1.08 bits per heavy atom. The minimum Gasteiger partial charge on any atom is -0.342 e. The smallest absolute Gasteiger partial charge is 0.0556 e. The Morgan fingerprint density at radius 2 is 1.79 bits per heavy atom. The Bertz CT molecular complexity index is 635. The Labute approximate surface area is 147 Å². The molecule has 1 N–H and O–H groups in total. The van der Waals surface area contributed by atoms with Crippen molar-refractivity contribution in [3.63, 3.8) is 0 Å². The molecule has 1 atom stereocenters. The van der Waals surface area contributed by atoms with Gasteiger partial charge in [-0.1, -0.05) is 49.6 Å². The fraction of sp³-hybridized carbons (Fsp3) is 0.545. The van der Waals surface area contributed by atoms with Gasteiger partial charge in [0.25, 0.3) is 0 Å². The molecule has 2 heteroatoms. The van der Waals surface area contributed by atoms with Gasteiger partial charge in [0.2, 0.25) is 0 Å². The van der Waals surface area contributed by atoms with Gasteiger partial charge in [0, 0.05) is 17.9 Å². The van der Waals surface area contributed by atoms with Gasteiger partial charge in [0.1, 0.15) is 0 Å². The molecule has 3 rings (SSSR count). The van der Waals surface area contributed by atoms with Crippen LogP contribution in [0.5, 0.6) is 0 Å². The molecule has 130 valence electrons. The summed E-state index contributed by atoms with van der Waals surface area (Å²) >= 11 is 0. The van der Waals surface area contributed by atoms with Crippen molar-refractivity contribution in [1.29, 1.82) is 0 Å². The summed E-state index contributed by atoms with van der Waals surface area (Å²) in [5.74, 6) is 0.894. The van der Waals surface area contributed by atoms with Crippen LogP contribution in [0.25, 0.3) is 0 Å². The molecule has 1 heterocycles. The third-order valence-electron chi connectivity index (χ3n) is 5.73. The van der Waals surface area contributed by atoms with Gasteiger partial charge in [0.05, 0.1) is 6.04 Å². The number of nitrogens with one attached hydrogen (secondary N) is 1. The topological polar surface area (TPSA) is 17.0 Å². The van der Waals surface area contributed by atoms with E-state index in [0.29, 0.717) is 6.04 Å². The SMILES string of the molecule is Cc1cc(CNCC2CCCCC2)c(C)n1C(C)c1ccccc1. The molecule has 0 saturated heterocycles. The molecule has 2 nitrogen and oxygen atoms in total. The van der Waals surface area contributed by atoms with Crippen LogP contribution in [0.1, 0.15) is 67.6 Å². The van der Waals surface area contributed by atoms with Gasteiger partial charge in [-0.2, -0.15) is 0 Å². The second-order valence-corrected chi connectivity index (χ2v) is 7.49. The first-order valence-electron chi connectivity index (χ1n) is 9.59. The van der Waals surface area contributed by atoms with E-state index in [1.165, 1.54) is 61.2 Å². The van der Waals surface area contributed by atoms with E-state index < -0.39 is 0 Å². The average Bonchev–Trinajstić information content (AvgIpc) is 2.90. The van der Waals surface area contributed by atoms with E-state index in [0.717, 1.165) is 12.5 Å². The number of hydrogen-bond acceptors (Lipinski definition) is 1. The van der Waals surface area contributed by atoms with Gasteiger partial charge in [-0.3, -0.25) is 0 Å². The van der Waals surface area contributed by atoms with Crippen LogP contribution in [-0.2, 0) is 6.54 Å². The van der Waals surface area contributed by atoms with E-state index in [1.54, 1.807) is 0 Å². The lowest BCUT2D eigenvalue weighted by atomic mass is 9.89. The summed E-state index contributed by atoms with van der Waals surface area (Å²) < 4.78 is 2.48. The Morgan fingerprint density at radius 3 is 2.50 bits per heavy atom. The molecule has 1 fully saturated rings. The van der Waals surface area contributed by atoms with Crippen LogP contribution in [0, 0.1) is 19.8 Å². The van der Waals surface area contributed by atoms with Crippen molar-refractivity contribution in [3.8, 4) is 0 Å². The zero-order valence-corrected chi connectivity index (χ0v) is 15.5. The lowest BCUT2D eigenvalue weighted by Crippen LogP contribution is -2.24. The maximum Gasteiger partial charge on any atom is 0.0556 e. The summed E-state index contributed by atoms with van der Waals surface area (Å²) in [6.07, 6.45) is 7.12. The summed E-state index contributed by atoms with van der Waals surface area (Å²) in [6, 6.07) is 13.6. The van der Waals surface area contributed by atoms with Gasteiger partial charge in [0.15, 0.2) is 0 Å². The largest absolute Gasteiger partial charge is 0.342 e. The highest BCUT2D eigenvalue weighted by Gasteiger charge is 2.16. The number of rotatable bonds is 6. The predicted molar refractivity (Wildman–Crippen MR) is 102 cm³/mol. The minimum atomic E-state index is 0.387. The van der Waals surface area contributed by atoms with Crippen LogP contribution >= 0.6 is 0 Å². The van der Waals surface area contributed by atoms with Gasteiger partial charge in [-0.15, -0.1) is 0 Å². The third-order valence-corrected chi connectivity index (χ3v) is 5.73. The molecule has 1 aliphatic carbocycles. The maximum atomic E-state index is 3.72. The molecule has 1 aromatic carbocycles. The molecular weight excluding hydrogens is 292 g/mol. The first-order chi connectivity index (χ1) is 11.7. The van der Waals surface area contributed by atoms with E-state index in [4.69, 9.17) is 0 Å². The van der Waals surface area contributed by atoms with Crippen molar-refractivity contribution in [2.75, 3.05) is 6.54 Å². The van der Waals surface area contributed by atoms with E-state index in [-0.39, 0.29) is 0 Å². The molecule has 1 unspecified atom stereocenters. The minimum absolute atomic E-state index is 0.387. The second kappa shape index (κ2) is 8.02. The van der Waals surface area contributed by atoms with Gasteiger partial charge in [-0.05, 0) is 63.3 Å². The quantitative estimate of drug-likeness (QED) is 0.754. The molecule has 2 aromatic rings. The Balaban J connectivity index is 1.65. The van der Waals surface area contributed by atoms with Gasteiger partial charge in [-0.25, -0.2) is 0 Å². The number of aromatic nitrogens is 1. The van der Waals surface area contributed by atoms with Crippen molar-refractivity contribution in [2.45, 2.75) is 65.5 Å². The highest BCUT2D eigenvalue weighted by molar-refractivity contribution is 5.30. The van der Waals surface area contributed by atoms with E-state index in [9.17, 15) is 0 Å². The molecular formula is C22H32N2. The predicted octanol–water partition coefficient (Wildman–Crippen LogP) is 5.38. The van der Waals surface area contributed by atoms with Crippen LogP contribution < -0.4 is 5.32 Å². The van der Waals surface area contributed by atoms with E-state index in [1.807, 2.05) is 0 Å². The Hall–Kier alpha value is -1.54. The van der Waals surface area contributed by atoms with Crippen LogP contribution in [-0.4, -0.2) is 11.1 Å². The van der Waals surface area contributed by atoms with E-state index >= 15 is 0 Å². The zero-order chi connectivity index (χ0) is 16.9. The molecule has 0 spiro atoms. The monoisotopic (exact) mass is 324 g/mol. The van der Waals surface area contributed by atoms with Gasteiger partial charge < -0.3 is 9.88 Å². The molecule has 24 heavy (non-hydrogen) atoms. The zero-order valence-electron chi connectivity index (χ0n) is 15.5. The van der Waals surface area contributed by atoms with Crippen molar-refractivity contribution < 1.29 is 0 Å². The molecule has 0 bridgehead atoms. The molecule has 1 saturated carbocycles. The molecule has 0 amide bonds. The molecule has 0 radical (unpaired) electrons. The number of nitrogens with zero attached hydrogens (tertiary/aromatic N) is 1. The fourth-order valence-corrected chi connectivity index (χ4v) is 4.30. The first kappa shape index (κ1) is 17.3. The van der Waals surface area contributed by atoms with Crippen molar-refractivity contribution in [2.24, 2.45) is 5.92 Å². The second-order valence-electron chi connectivity index (χ2n) is 7.49. The van der Waals surface area contributed by atoms with Crippen molar-refractivity contribution in [1.82, 2.24) is 9.88 Å². The number of benzene rings is 1. The third kappa shape index (κ3) is 3.92. The maximum absolute atomic E-state index is 3.72. The van der Waals surface area contributed by atoms with Crippen molar-refractivity contribution in [3.05, 3.63) is 58.9 Å². The van der Waals surface area contributed by atoms with Gasteiger partial charge >= 0.3 is 0 Å². The van der Waals surface area contributed by atoms with Crippen molar-refractivity contribution >= 4 is 0 Å². The average molecular weight is 325 g/mol. The van der Waals surface area contributed by atoms with Crippen LogP contribution in [0.3, 0.4) is 0 Å². The summed E-state index contributed by atoms with van der Waals surface area (Å²) in [5.41, 5.74) is 5.59. The molecule has 1 aromatic heterocycles. The lowest BCUT2D eigenvalue weighted by molar-refractivity contribution is 0.342. The first-order valence-corrected chi connectivity index (χ1v) is 9.59. The summed E-state index contributed by atoms with van der Waals surface area (Å²) in [5, 5.41) is 3.72. The van der Waals surface area contributed by atoms with Crippen LogP contribution in [0.15, 0.2) is 36.4 Å². The lowest BCUT2D eigenvalue weighted by Gasteiger charge is -2.22. The molecule has 0 aliphatic heterocycles. The standard InChI is InChI=1S/C22H32N2/c1-17-14-22(16-23-15-20-10-6-4-7-11-20)19(3)24(17)18(2)21-12-8-5-9-13-21/h5,8-9,12-14,18,20,23H,4,6-7,10-11,15-16H2,1-3H3. The highest BCUT2D eigenvalue weighted by Crippen LogP contribution is 2.26. The summed E-state index contributed by atoms with van der Waals surface area (Å²) in [6.45, 7) is 8.98. The Kier molecular flexibility index (Phi) is 5.78. The fourth-order valence-electron chi connectivity index (χ4n) is 4.30.